The first kappa shape index (κ1) is 7.65. The first-order valence-corrected chi connectivity index (χ1v) is 2.71. The molecule has 0 amide bonds. The molecule has 0 saturated carbocycles. The molecule has 1 aromatic heterocycles. The van der Waals surface area contributed by atoms with Gasteiger partial charge in [-0.3, -0.25) is 0 Å². The van der Waals surface area contributed by atoms with Gasteiger partial charge in [0.25, 0.3) is 0 Å². The molecule has 0 aliphatic rings. The fourth-order valence-corrected chi connectivity index (χ4v) is 0.713. The van der Waals surface area contributed by atoms with Crippen molar-refractivity contribution in [3.05, 3.63) is 5.51 Å². The molecule has 3 nitrogen and oxygen atoms in total. The molecule has 1 rings (SSSR count). The molecule has 1 N–H and O–H groups in total. The highest BCUT2D eigenvalue weighted by atomic mass is 35.5. The smallest absolute Gasteiger partial charge is 0.234 e. The van der Waals surface area contributed by atoms with Crippen LogP contribution in [0.15, 0.2) is 5.51 Å². The lowest BCUT2D eigenvalue weighted by Crippen LogP contribution is -1.87. The van der Waals surface area contributed by atoms with Crippen LogP contribution in [-0.4, -0.2) is 16.4 Å². The zero-order valence-electron chi connectivity index (χ0n) is 4.29. The first-order chi connectivity index (χ1) is 3.43. The second-order valence-corrected chi connectivity index (χ2v) is 1.61. The molecule has 0 radical (unpaired) electrons. The Balaban J connectivity index is 0.000000490. The largest absolute Gasteiger partial charge is 0.357 e. The van der Waals surface area contributed by atoms with Crippen molar-refractivity contribution >= 4 is 29.9 Å². The van der Waals surface area contributed by atoms with Crippen molar-refractivity contribution in [2.75, 3.05) is 12.4 Å². The van der Waals surface area contributed by atoms with Crippen LogP contribution in [0.25, 0.3) is 0 Å². The third-order valence-electron chi connectivity index (χ3n) is 0.585. The lowest BCUT2D eigenvalue weighted by atomic mass is 11.0. The number of nitrogens with zero attached hydrogens (tertiary/aromatic N) is 2. The molecule has 1 aromatic rings. The zero-order chi connectivity index (χ0) is 5.11. The van der Waals surface area contributed by atoms with Crippen LogP contribution in [0.5, 0.6) is 0 Å². The molecule has 0 saturated heterocycles. The van der Waals surface area contributed by atoms with Crippen molar-refractivity contribution < 1.29 is 0 Å². The van der Waals surface area contributed by atoms with Crippen LogP contribution in [-0.2, 0) is 0 Å². The minimum absolute atomic E-state index is 0. The Morgan fingerprint density at radius 3 is 2.75 bits per heavy atom. The maximum atomic E-state index is 3.85. The lowest BCUT2D eigenvalue weighted by Gasteiger charge is -1.82. The average Bonchev–Trinajstić information content (AvgIpc) is 2.14. The Kier molecular flexibility index (Phi) is 3.47. The standard InChI is InChI=1S/C3H5N3S.ClH/c1-4-3-5-2-7-6-3;/h2H,1H3,(H,4,6);1H. The first-order valence-electron chi connectivity index (χ1n) is 1.87. The summed E-state index contributed by atoms with van der Waals surface area (Å²) in [7, 11) is 1.79. The molecule has 0 aliphatic carbocycles. The van der Waals surface area contributed by atoms with Gasteiger partial charge in [0.1, 0.15) is 5.51 Å². The maximum absolute atomic E-state index is 3.85. The van der Waals surface area contributed by atoms with E-state index in [1.165, 1.54) is 11.5 Å². The predicted octanol–water partition coefficient (Wildman–Crippen LogP) is 1.00. The van der Waals surface area contributed by atoms with Gasteiger partial charge in [-0.15, -0.1) is 12.4 Å². The summed E-state index contributed by atoms with van der Waals surface area (Å²) in [5.41, 5.74) is 1.69. The van der Waals surface area contributed by atoms with Crippen LogP contribution in [0.3, 0.4) is 0 Å². The quantitative estimate of drug-likeness (QED) is 0.651. The van der Waals surface area contributed by atoms with E-state index in [1.54, 1.807) is 12.6 Å². The van der Waals surface area contributed by atoms with Crippen molar-refractivity contribution in [2.24, 2.45) is 0 Å². The molecular weight excluding hydrogens is 146 g/mol. The van der Waals surface area contributed by atoms with Gasteiger partial charge in [-0.05, 0) is 11.5 Å². The van der Waals surface area contributed by atoms with E-state index >= 15 is 0 Å². The number of hydrogen-bond donors (Lipinski definition) is 1. The summed E-state index contributed by atoms with van der Waals surface area (Å²) in [4.78, 5) is 3.83. The van der Waals surface area contributed by atoms with Crippen LogP contribution in [0.4, 0.5) is 5.95 Å². The minimum atomic E-state index is 0. The fourth-order valence-electron chi connectivity index (χ4n) is 0.281. The number of rotatable bonds is 1. The normalized spacial score (nSPS) is 7.62. The number of nitrogens with one attached hydrogen (secondary N) is 1. The molecule has 1 heterocycles. The molecular formula is C3H6ClN3S. The van der Waals surface area contributed by atoms with E-state index in [-0.39, 0.29) is 12.4 Å². The number of hydrogen-bond acceptors (Lipinski definition) is 4. The molecule has 0 aromatic carbocycles. The van der Waals surface area contributed by atoms with Crippen molar-refractivity contribution in [1.82, 2.24) is 9.36 Å². The summed E-state index contributed by atoms with van der Waals surface area (Å²) in [6.07, 6.45) is 0. The fraction of sp³-hybridized carbons (Fsp3) is 0.333. The Hall–Kier alpha value is -0.350. The van der Waals surface area contributed by atoms with Gasteiger partial charge in [0.05, 0.1) is 0 Å². The molecule has 5 heteroatoms. The van der Waals surface area contributed by atoms with Gasteiger partial charge in [0.2, 0.25) is 5.95 Å². The summed E-state index contributed by atoms with van der Waals surface area (Å²) in [5.74, 6) is 0.699. The summed E-state index contributed by atoms with van der Waals surface area (Å²) in [5, 5.41) is 2.80. The molecule has 0 atom stereocenters. The minimum Gasteiger partial charge on any atom is -0.357 e. The molecule has 0 bridgehead atoms. The van der Waals surface area contributed by atoms with E-state index in [1.807, 2.05) is 0 Å². The molecule has 0 spiro atoms. The number of anilines is 1. The summed E-state index contributed by atoms with van der Waals surface area (Å²) in [6, 6.07) is 0. The summed E-state index contributed by atoms with van der Waals surface area (Å²) in [6.45, 7) is 0. The number of halogens is 1. The van der Waals surface area contributed by atoms with Crippen LogP contribution in [0.1, 0.15) is 0 Å². The van der Waals surface area contributed by atoms with E-state index in [0.29, 0.717) is 5.95 Å². The summed E-state index contributed by atoms with van der Waals surface area (Å²) >= 11 is 1.34. The third kappa shape index (κ3) is 1.63. The maximum Gasteiger partial charge on any atom is 0.234 e. The number of aromatic nitrogens is 2. The van der Waals surface area contributed by atoms with E-state index in [4.69, 9.17) is 0 Å². The monoisotopic (exact) mass is 151 g/mol. The van der Waals surface area contributed by atoms with Crippen LogP contribution < -0.4 is 5.32 Å². The van der Waals surface area contributed by atoms with Gasteiger partial charge in [-0.2, -0.15) is 4.37 Å². The molecule has 8 heavy (non-hydrogen) atoms. The third-order valence-corrected chi connectivity index (χ3v) is 1.06. The van der Waals surface area contributed by atoms with Gasteiger partial charge in [-0.1, -0.05) is 0 Å². The van der Waals surface area contributed by atoms with Gasteiger partial charge >= 0.3 is 0 Å². The van der Waals surface area contributed by atoms with Gasteiger partial charge < -0.3 is 5.32 Å². The Morgan fingerprint density at radius 2 is 2.50 bits per heavy atom. The predicted molar refractivity (Wildman–Crippen MR) is 36.7 cm³/mol. The van der Waals surface area contributed by atoms with Crippen molar-refractivity contribution in [3.63, 3.8) is 0 Å². The highest BCUT2D eigenvalue weighted by Crippen LogP contribution is 1.95. The van der Waals surface area contributed by atoms with E-state index < -0.39 is 0 Å². The van der Waals surface area contributed by atoms with Crippen LogP contribution in [0, 0.1) is 0 Å². The van der Waals surface area contributed by atoms with E-state index in [9.17, 15) is 0 Å². The van der Waals surface area contributed by atoms with Crippen molar-refractivity contribution in [3.8, 4) is 0 Å². The SMILES string of the molecule is CNc1ncsn1.Cl. The highest BCUT2D eigenvalue weighted by Gasteiger charge is 1.84. The zero-order valence-corrected chi connectivity index (χ0v) is 5.92. The molecule has 0 aliphatic heterocycles. The van der Waals surface area contributed by atoms with Crippen molar-refractivity contribution in [1.29, 1.82) is 0 Å². The van der Waals surface area contributed by atoms with Crippen LogP contribution >= 0.6 is 23.9 Å². The Labute approximate surface area is 57.7 Å². The topological polar surface area (TPSA) is 37.8 Å². The van der Waals surface area contributed by atoms with E-state index in [2.05, 4.69) is 14.7 Å². The molecule has 46 valence electrons. The second-order valence-electron chi connectivity index (χ2n) is 1.00. The van der Waals surface area contributed by atoms with E-state index in [0.717, 1.165) is 0 Å². The van der Waals surface area contributed by atoms with Crippen LogP contribution in [0.2, 0.25) is 0 Å². The Bertz CT molecular complexity index is 129. The Morgan fingerprint density at radius 1 is 1.75 bits per heavy atom. The lowest BCUT2D eigenvalue weighted by molar-refractivity contribution is 1.28. The van der Waals surface area contributed by atoms with Gasteiger partial charge in [-0.25, -0.2) is 4.98 Å². The second kappa shape index (κ2) is 3.63. The van der Waals surface area contributed by atoms with Gasteiger partial charge in [0, 0.05) is 7.05 Å². The molecule has 0 fully saturated rings. The average molecular weight is 152 g/mol. The molecule has 0 unspecified atom stereocenters. The van der Waals surface area contributed by atoms with Gasteiger partial charge in [0.15, 0.2) is 0 Å². The summed E-state index contributed by atoms with van der Waals surface area (Å²) < 4.78 is 3.85. The highest BCUT2D eigenvalue weighted by molar-refractivity contribution is 7.03. The van der Waals surface area contributed by atoms with Crippen molar-refractivity contribution in [2.45, 2.75) is 0 Å².